The lowest BCUT2D eigenvalue weighted by Crippen LogP contribution is -2.12. The minimum Gasteiger partial charge on any atom is -0.494 e. The minimum atomic E-state index is 0.0826. The lowest BCUT2D eigenvalue weighted by Gasteiger charge is -2.26. The molecule has 0 fully saturated rings. The number of rotatable bonds is 26. The van der Waals surface area contributed by atoms with Crippen LogP contribution in [-0.2, 0) is 4.79 Å². The molecule has 0 spiro atoms. The number of ether oxygens (including phenoxy) is 2. The van der Waals surface area contributed by atoms with Crippen LogP contribution in [0.1, 0.15) is 136 Å². The van der Waals surface area contributed by atoms with E-state index in [1.165, 1.54) is 83.5 Å². The number of amides is 1. The number of carbonyl (C=O) groups excluding carboxylic acids is 1. The third-order valence-electron chi connectivity index (χ3n) is 8.64. The molecule has 258 valence electrons. The molecule has 0 aliphatic rings. The van der Waals surface area contributed by atoms with E-state index < -0.39 is 0 Å². The van der Waals surface area contributed by atoms with E-state index in [-0.39, 0.29) is 5.91 Å². The molecule has 0 saturated heterocycles. The van der Waals surface area contributed by atoms with E-state index in [0.717, 1.165) is 73.1 Å². The molecule has 0 bridgehead atoms. The number of hydrogen-bond donors (Lipinski definition) is 1. The summed E-state index contributed by atoms with van der Waals surface area (Å²) in [6.45, 7) is 8.21. The van der Waals surface area contributed by atoms with Crippen molar-refractivity contribution >= 4 is 28.7 Å². The number of benzene rings is 3. The van der Waals surface area contributed by atoms with Crippen LogP contribution in [0.2, 0.25) is 0 Å². The largest absolute Gasteiger partial charge is 0.494 e. The number of carbonyl (C=O) groups is 1. The van der Waals surface area contributed by atoms with Crippen molar-refractivity contribution in [1.82, 2.24) is 0 Å². The molecule has 0 radical (unpaired) electrons. The van der Waals surface area contributed by atoms with Gasteiger partial charge in [0.2, 0.25) is 5.91 Å². The van der Waals surface area contributed by atoms with Crippen LogP contribution in [0.25, 0.3) is 0 Å². The molecule has 0 heterocycles. The first-order valence-corrected chi connectivity index (χ1v) is 18.8. The van der Waals surface area contributed by atoms with Gasteiger partial charge in [-0.05, 0) is 92.1 Å². The van der Waals surface area contributed by atoms with Gasteiger partial charge in [-0.3, -0.25) is 4.79 Å². The molecular weight excluding hydrogens is 580 g/mol. The smallest absolute Gasteiger partial charge is 0.224 e. The van der Waals surface area contributed by atoms with Gasteiger partial charge in [-0.25, -0.2) is 0 Å². The van der Waals surface area contributed by atoms with Crippen molar-refractivity contribution in [1.29, 1.82) is 0 Å². The van der Waals surface area contributed by atoms with Crippen LogP contribution in [0.5, 0.6) is 11.5 Å². The van der Waals surface area contributed by atoms with Crippen LogP contribution in [0.3, 0.4) is 0 Å². The molecule has 0 saturated carbocycles. The first-order valence-electron chi connectivity index (χ1n) is 18.8. The summed E-state index contributed by atoms with van der Waals surface area (Å²) in [5, 5.41) is 3.08. The third kappa shape index (κ3) is 15.3. The lowest BCUT2D eigenvalue weighted by molar-refractivity contribution is -0.116. The second-order valence-electron chi connectivity index (χ2n) is 12.8. The van der Waals surface area contributed by atoms with Crippen molar-refractivity contribution < 1.29 is 14.3 Å². The Labute approximate surface area is 286 Å². The van der Waals surface area contributed by atoms with E-state index in [1.807, 2.05) is 12.1 Å². The fraction of sp³-hybridized carbons (Fsp3) is 0.548. The Morgan fingerprint density at radius 3 is 1.28 bits per heavy atom. The van der Waals surface area contributed by atoms with Crippen molar-refractivity contribution in [3.63, 3.8) is 0 Å². The quantitative estimate of drug-likeness (QED) is 0.0885. The van der Waals surface area contributed by atoms with Crippen molar-refractivity contribution in [2.75, 3.05) is 23.4 Å². The second kappa shape index (κ2) is 23.8. The molecule has 3 aromatic rings. The van der Waals surface area contributed by atoms with Crippen LogP contribution in [-0.4, -0.2) is 19.1 Å². The van der Waals surface area contributed by atoms with Crippen molar-refractivity contribution in [3.05, 3.63) is 72.8 Å². The standard InChI is InChI=1S/C42H62N2O3/c1-4-7-10-13-16-19-34-46-40-30-26-38(27-31-40)44(39-28-32-41(33-29-39)47-35-20-17-14-11-8-5-2)37-24-22-36(23-25-37)43-42(45)21-18-15-12-9-6-3/h22-33H,4-21,34-35H2,1-3H3,(H,43,45). The Kier molecular flexibility index (Phi) is 19.2. The molecule has 0 aliphatic heterocycles. The van der Waals surface area contributed by atoms with E-state index in [2.05, 4.69) is 91.7 Å². The molecule has 0 aromatic heterocycles. The molecule has 0 unspecified atom stereocenters. The van der Waals surface area contributed by atoms with E-state index in [9.17, 15) is 4.79 Å². The molecule has 5 heteroatoms. The Morgan fingerprint density at radius 2 is 0.851 bits per heavy atom. The summed E-state index contributed by atoms with van der Waals surface area (Å²) in [6.07, 6.45) is 21.3. The topological polar surface area (TPSA) is 50.8 Å². The molecule has 5 nitrogen and oxygen atoms in total. The summed E-state index contributed by atoms with van der Waals surface area (Å²) in [6, 6.07) is 24.9. The maximum Gasteiger partial charge on any atom is 0.224 e. The predicted octanol–water partition coefficient (Wildman–Crippen LogP) is 12.9. The molecule has 47 heavy (non-hydrogen) atoms. The van der Waals surface area contributed by atoms with E-state index in [1.54, 1.807) is 0 Å². The van der Waals surface area contributed by atoms with Crippen LogP contribution in [0.15, 0.2) is 72.8 Å². The number of hydrogen-bond acceptors (Lipinski definition) is 4. The number of unbranched alkanes of at least 4 members (excludes halogenated alkanes) is 14. The molecule has 0 atom stereocenters. The molecule has 3 rings (SSSR count). The zero-order valence-corrected chi connectivity index (χ0v) is 29.7. The van der Waals surface area contributed by atoms with Gasteiger partial charge in [0.25, 0.3) is 0 Å². The fourth-order valence-corrected chi connectivity index (χ4v) is 5.78. The SMILES string of the molecule is CCCCCCCCOc1ccc(N(c2ccc(NC(=O)CCCCCCC)cc2)c2ccc(OCCCCCCCC)cc2)cc1. The van der Waals surface area contributed by atoms with Gasteiger partial charge in [0, 0.05) is 29.2 Å². The highest BCUT2D eigenvalue weighted by atomic mass is 16.5. The summed E-state index contributed by atoms with van der Waals surface area (Å²) in [7, 11) is 0. The van der Waals surface area contributed by atoms with Gasteiger partial charge in [0.15, 0.2) is 0 Å². The summed E-state index contributed by atoms with van der Waals surface area (Å²) >= 11 is 0. The average molecular weight is 643 g/mol. The Balaban J connectivity index is 1.65. The van der Waals surface area contributed by atoms with E-state index >= 15 is 0 Å². The monoisotopic (exact) mass is 642 g/mol. The van der Waals surface area contributed by atoms with Crippen molar-refractivity contribution in [3.8, 4) is 11.5 Å². The van der Waals surface area contributed by atoms with Crippen molar-refractivity contribution in [2.24, 2.45) is 0 Å². The van der Waals surface area contributed by atoms with E-state index in [4.69, 9.17) is 9.47 Å². The zero-order chi connectivity index (χ0) is 33.4. The van der Waals surface area contributed by atoms with Gasteiger partial charge in [-0.1, -0.05) is 111 Å². The summed E-state index contributed by atoms with van der Waals surface area (Å²) < 4.78 is 12.1. The predicted molar refractivity (Wildman–Crippen MR) is 201 cm³/mol. The minimum absolute atomic E-state index is 0.0826. The van der Waals surface area contributed by atoms with Gasteiger partial charge in [0.1, 0.15) is 11.5 Å². The van der Waals surface area contributed by atoms with Gasteiger partial charge in [-0.2, -0.15) is 0 Å². The van der Waals surface area contributed by atoms with Gasteiger partial charge in [0.05, 0.1) is 13.2 Å². The highest BCUT2D eigenvalue weighted by molar-refractivity contribution is 5.91. The maximum absolute atomic E-state index is 12.5. The number of anilines is 4. The Bertz CT molecular complexity index is 1150. The normalized spacial score (nSPS) is 11.0. The number of nitrogens with zero attached hydrogens (tertiary/aromatic N) is 1. The highest BCUT2D eigenvalue weighted by Crippen LogP contribution is 2.36. The zero-order valence-electron chi connectivity index (χ0n) is 29.7. The molecular formula is C42H62N2O3. The van der Waals surface area contributed by atoms with Crippen LogP contribution in [0.4, 0.5) is 22.7 Å². The van der Waals surface area contributed by atoms with Crippen LogP contribution >= 0.6 is 0 Å². The summed E-state index contributed by atoms with van der Waals surface area (Å²) in [4.78, 5) is 14.8. The molecule has 1 N–H and O–H groups in total. The average Bonchev–Trinajstić information content (AvgIpc) is 3.09. The van der Waals surface area contributed by atoms with Crippen molar-refractivity contribution in [2.45, 2.75) is 136 Å². The van der Waals surface area contributed by atoms with Gasteiger partial charge in [-0.15, -0.1) is 0 Å². The van der Waals surface area contributed by atoms with Gasteiger partial charge < -0.3 is 19.7 Å². The Hall–Kier alpha value is -3.47. The summed E-state index contributed by atoms with van der Waals surface area (Å²) in [5.41, 5.74) is 3.93. The maximum atomic E-state index is 12.5. The molecule has 1 amide bonds. The molecule has 0 aliphatic carbocycles. The van der Waals surface area contributed by atoms with Gasteiger partial charge >= 0.3 is 0 Å². The summed E-state index contributed by atoms with van der Waals surface area (Å²) in [5.74, 6) is 1.88. The first-order chi connectivity index (χ1) is 23.1. The van der Waals surface area contributed by atoms with Crippen LogP contribution < -0.4 is 19.7 Å². The van der Waals surface area contributed by atoms with E-state index in [0.29, 0.717) is 6.42 Å². The fourth-order valence-electron chi connectivity index (χ4n) is 5.78. The first kappa shape index (κ1) is 38.0. The third-order valence-corrected chi connectivity index (χ3v) is 8.64. The number of nitrogens with one attached hydrogen (secondary N) is 1. The van der Waals surface area contributed by atoms with Crippen LogP contribution in [0, 0.1) is 0 Å². The molecule has 3 aromatic carbocycles. The lowest BCUT2D eigenvalue weighted by atomic mass is 10.1. The second-order valence-corrected chi connectivity index (χ2v) is 12.8. The Morgan fingerprint density at radius 1 is 0.489 bits per heavy atom. The highest BCUT2D eigenvalue weighted by Gasteiger charge is 2.14.